The molecule has 6 nitrogen and oxygen atoms in total. The maximum atomic E-state index is 12.3. The number of hydrogen-bond acceptors (Lipinski definition) is 4. The van der Waals surface area contributed by atoms with Gasteiger partial charge in [-0.25, -0.2) is 8.42 Å². The van der Waals surface area contributed by atoms with Gasteiger partial charge in [0.15, 0.2) is 0 Å². The fraction of sp³-hybridized carbons (Fsp3) is 0.909. The lowest BCUT2D eigenvalue weighted by Crippen LogP contribution is -2.40. The molecule has 0 atom stereocenters. The minimum Gasteiger partial charge on any atom is -0.409 e. The molecule has 0 saturated heterocycles. The number of nitrogens with zero attached hydrogens (tertiary/aromatic N) is 2. The molecule has 7 heteroatoms. The fourth-order valence-electron chi connectivity index (χ4n) is 1.82. The summed E-state index contributed by atoms with van der Waals surface area (Å²) < 4.78 is 26.1. The van der Waals surface area contributed by atoms with Crippen LogP contribution in [0.5, 0.6) is 0 Å². The van der Waals surface area contributed by atoms with E-state index >= 15 is 0 Å². The van der Waals surface area contributed by atoms with E-state index in [1.54, 1.807) is 0 Å². The Labute approximate surface area is 109 Å². The van der Waals surface area contributed by atoms with Crippen LogP contribution in [0.2, 0.25) is 0 Å². The number of sulfonamides is 1. The fourth-order valence-corrected chi connectivity index (χ4v) is 4.11. The van der Waals surface area contributed by atoms with Crippen molar-refractivity contribution in [1.82, 2.24) is 4.31 Å². The summed E-state index contributed by atoms with van der Waals surface area (Å²) >= 11 is 0. The van der Waals surface area contributed by atoms with Crippen LogP contribution >= 0.6 is 0 Å². The predicted molar refractivity (Wildman–Crippen MR) is 71.0 cm³/mol. The third-order valence-corrected chi connectivity index (χ3v) is 5.07. The van der Waals surface area contributed by atoms with Crippen molar-refractivity contribution >= 4 is 15.9 Å². The Bertz CT molecular complexity index is 408. The van der Waals surface area contributed by atoms with Crippen LogP contribution in [0.1, 0.15) is 40.0 Å². The molecule has 0 heterocycles. The minimum atomic E-state index is -3.28. The van der Waals surface area contributed by atoms with E-state index < -0.39 is 10.0 Å². The van der Waals surface area contributed by atoms with Gasteiger partial charge in [0, 0.05) is 19.0 Å². The van der Waals surface area contributed by atoms with E-state index in [0.717, 1.165) is 12.8 Å². The highest BCUT2D eigenvalue weighted by Crippen LogP contribution is 2.31. The van der Waals surface area contributed by atoms with E-state index in [-0.39, 0.29) is 29.5 Å². The van der Waals surface area contributed by atoms with Crippen LogP contribution in [0.3, 0.4) is 0 Å². The predicted octanol–water partition coefficient (Wildman–Crippen LogP) is 0.963. The molecule has 0 aromatic carbocycles. The van der Waals surface area contributed by atoms with Gasteiger partial charge in [0.2, 0.25) is 10.0 Å². The normalized spacial score (nSPS) is 18.3. The van der Waals surface area contributed by atoms with Gasteiger partial charge in [0.05, 0.1) is 5.75 Å². The molecule has 0 bridgehead atoms. The van der Waals surface area contributed by atoms with Crippen molar-refractivity contribution in [2.45, 2.75) is 46.1 Å². The first-order valence-corrected chi connectivity index (χ1v) is 7.72. The first-order valence-electron chi connectivity index (χ1n) is 6.11. The van der Waals surface area contributed by atoms with E-state index in [0.29, 0.717) is 6.54 Å². The van der Waals surface area contributed by atoms with Gasteiger partial charge in [-0.15, -0.1) is 0 Å². The van der Waals surface area contributed by atoms with Crippen LogP contribution < -0.4 is 5.73 Å². The summed E-state index contributed by atoms with van der Waals surface area (Å²) in [7, 11) is -3.28. The second-order valence-corrected chi connectivity index (χ2v) is 7.92. The lowest BCUT2D eigenvalue weighted by atomic mass is 10.0. The Kier molecular flexibility index (Phi) is 4.61. The average Bonchev–Trinajstić information content (AvgIpc) is 2.97. The molecule has 1 aliphatic rings. The molecule has 0 aromatic rings. The first-order chi connectivity index (χ1) is 8.15. The molecule has 3 N–H and O–H groups in total. The van der Waals surface area contributed by atoms with Gasteiger partial charge >= 0.3 is 0 Å². The van der Waals surface area contributed by atoms with Crippen molar-refractivity contribution in [2.75, 3.05) is 12.3 Å². The van der Waals surface area contributed by atoms with E-state index in [2.05, 4.69) is 5.16 Å². The molecule has 1 aliphatic carbocycles. The zero-order valence-corrected chi connectivity index (χ0v) is 12.1. The summed E-state index contributed by atoms with van der Waals surface area (Å²) in [6.45, 7) is 6.00. The molecule has 18 heavy (non-hydrogen) atoms. The number of rotatable bonds is 6. The van der Waals surface area contributed by atoms with Crippen LogP contribution in [0.25, 0.3) is 0 Å². The van der Waals surface area contributed by atoms with Crippen molar-refractivity contribution in [1.29, 1.82) is 0 Å². The highest BCUT2D eigenvalue weighted by molar-refractivity contribution is 7.89. The molecule has 1 rings (SSSR count). The molecule has 0 amide bonds. The lowest BCUT2D eigenvalue weighted by Gasteiger charge is -2.26. The zero-order valence-electron chi connectivity index (χ0n) is 11.3. The second kappa shape index (κ2) is 5.44. The van der Waals surface area contributed by atoms with E-state index in [1.165, 1.54) is 4.31 Å². The summed E-state index contributed by atoms with van der Waals surface area (Å²) in [6.07, 6.45) is 2.06. The van der Waals surface area contributed by atoms with Gasteiger partial charge in [-0.3, -0.25) is 0 Å². The van der Waals surface area contributed by atoms with Crippen molar-refractivity contribution in [3.8, 4) is 0 Å². The monoisotopic (exact) mass is 277 g/mol. The molecular weight excluding hydrogens is 254 g/mol. The van der Waals surface area contributed by atoms with Crippen LogP contribution in [-0.2, 0) is 10.0 Å². The van der Waals surface area contributed by atoms with E-state index in [1.807, 2.05) is 20.8 Å². The maximum Gasteiger partial charge on any atom is 0.214 e. The number of nitrogens with two attached hydrogens (primary N) is 1. The molecular formula is C11H23N3O3S. The third kappa shape index (κ3) is 4.81. The Balaban J connectivity index is 2.72. The van der Waals surface area contributed by atoms with Crippen molar-refractivity contribution in [2.24, 2.45) is 16.3 Å². The second-order valence-electron chi connectivity index (χ2n) is 6.00. The molecule has 0 aliphatic heterocycles. The van der Waals surface area contributed by atoms with Crippen LogP contribution in [0, 0.1) is 5.41 Å². The van der Waals surface area contributed by atoms with Crippen molar-refractivity contribution < 1.29 is 13.6 Å². The molecule has 1 saturated carbocycles. The Hall–Kier alpha value is -0.820. The topological polar surface area (TPSA) is 96.0 Å². The highest BCUT2D eigenvalue weighted by atomic mass is 32.2. The SMILES string of the molecule is CC(C)(C)CS(=O)(=O)N(CCC(N)=NO)C1CC1. The summed E-state index contributed by atoms with van der Waals surface area (Å²) in [5.41, 5.74) is 5.12. The number of hydrogen-bond donors (Lipinski definition) is 2. The zero-order chi connectivity index (χ0) is 14.0. The van der Waals surface area contributed by atoms with Gasteiger partial charge < -0.3 is 10.9 Å². The molecule has 1 fully saturated rings. The first kappa shape index (κ1) is 15.2. The molecule has 0 aromatic heterocycles. The van der Waals surface area contributed by atoms with Crippen molar-refractivity contribution in [3.05, 3.63) is 0 Å². The molecule has 0 unspecified atom stereocenters. The van der Waals surface area contributed by atoms with Gasteiger partial charge in [0.25, 0.3) is 0 Å². The largest absolute Gasteiger partial charge is 0.409 e. The van der Waals surface area contributed by atoms with Gasteiger partial charge in [-0.05, 0) is 18.3 Å². The summed E-state index contributed by atoms with van der Waals surface area (Å²) in [5, 5.41) is 11.4. The summed E-state index contributed by atoms with van der Waals surface area (Å²) in [5.74, 6) is 0.179. The number of oxime groups is 1. The smallest absolute Gasteiger partial charge is 0.214 e. The molecule has 106 valence electrons. The lowest BCUT2D eigenvalue weighted by molar-refractivity contribution is 0.315. The Morgan fingerprint density at radius 1 is 1.44 bits per heavy atom. The molecule has 0 radical (unpaired) electrons. The van der Waals surface area contributed by atoms with Gasteiger partial charge in [0.1, 0.15) is 5.84 Å². The average molecular weight is 277 g/mol. The van der Waals surface area contributed by atoms with Crippen LogP contribution in [-0.4, -0.2) is 42.1 Å². The minimum absolute atomic E-state index is 0.0617. The summed E-state index contributed by atoms with van der Waals surface area (Å²) in [6, 6.07) is 0.101. The van der Waals surface area contributed by atoms with Gasteiger partial charge in [-0.1, -0.05) is 25.9 Å². The Morgan fingerprint density at radius 3 is 2.39 bits per heavy atom. The highest BCUT2D eigenvalue weighted by Gasteiger charge is 2.38. The standard InChI is InChI=1S/C11H23N3O3S/c1-11(2,3)8-18(16,17)14(9-4-5-9)7-6-10(12)13-15/h9,15H,4-8H2,1-3H3,(H2,12,13). The summed E-state index contributed by atoms with van der Waals surface area (Å²) in [4.78, 5) is 0. The van der Waals surface area contributed by atoms with Crippen LogP contribution in [0.15, 0.2) is 5.16 Å². The number of amidine groups is 1. The van der Waals surface area contributed by atoms with E-state index in [4.69, 9.17) is 10.9 Å². The maximum absolute atomic E-state index is 12.3. The molecule has 0 spiro atoms. The third-order valence-electron chi connectivity index (χ3n) is 2.64. The van der Waals surface area contributed by atoms with Gasteiger partial charge in [-0.2, -0.15) is 4.31 Å². The Morgan fingerprint density at radius 2 is 2.00 bits per heavy atom. The van der Waals surface area contributed by atoms with Crippen LogP contribution in [0.4, 0.5) is 0 Å². The van der Waals surface area contributed by atoms with E-state index in [9.17, 15) is 8.42 Å². The quantitative estimate of drug-likeness (QED) is 0.327. The van der Waals surface area contributed by atoms with Crippen molar-refractivity contribution in [3.63, 3.8) is 0 Å².